The number of aromatic hydroxyl groups is 1. The van der Waals surface area contributed by atoms with Crippen LogP contribution in [0.1, 0.15) is 29.6 Å². The highest BCUT2D eigenvalue weighted by atomic mass is 16.6. The molecule has 0 radical (unpaired) electrons. The van der Waals surface area contributed by atoms with Crippen molar-refractivity contribution >= 4 is 28.2 Å². The SMILES string of the molecule is O=C(N=Nc1c(O)n(CN2CCCCC2)c2ccccc12)c1cccc([N+](=O)[O-])c1. The van der Waals surface area contributed by atoms with Crippen LogP contribution in [-0.4, -0.2) is 38.5 Å². The molecule has 2 heterocycles. The molecule has 1 saturated heterocycles. The van der Waals surface area contributed by atoms with E-state index < -0.39 is 10.8 Å². The number of carbonyl (C=O) groups excluding carboxylic acids is 1. The Morgan fingerprint density at radius 3 is 2.63 bits per heavy atom. The van der Waals surface area contributed by atoms with Crippen molar-refractivity contribution in [2.24, 2.45) is 10.2 Å². The van der Waals surface area contributed by atoms with Crippen LogP contribution in [0.3, 0.4) is 0 Å². The Kier molecular flexibility index (Phi) is 5.53. The summed E-state index contributed by atoms with van der Waals surface area (Å²) in [7, 11) is 0. The van der Waals surface area contributed by atoms with Crippen LogP contribution in [0.4, 0.5) is 11.4 Å². The fourth-order valence-corrected chi connectivity index (χ4v) is 3.72. The molecule has 0 atom stereocenters. The van der Waals surface area contributed by atoms with Crippen molar-refractivity contribution in [1.82, 2.24) is 9.47 Å². The fraction of sp³-hybridized carbons (Fsp3) is 0.286. The summed E-state index contributed by atoms with van der Waals surface area (Å²) in [4.78, 5) is 25.0. The van der Waals surface area contributed by atoms with Crippen LogP contribution < -0.4 is 0 Å². The van der Waals surface area contributed by atoms with Crippen LogP contribution in [0, 0.1) is 10.1 Å². The number of nitro benzene ring substituents is 1. The molecule has 0 bridgehead atoms. The molecule has 30 heavy (non-hydrogen) atoms. The summed E-state index contributed by atoms with van der Waals surface area (Å²) in [6.45, 7) is 2.46. The number of hydrogen-bond acceptors (Lipinski definition) is 6. The van der Waals surface area contributed by atoms with Gasteiger partial charge in [-0.15, -0.1) is 10.2 Å². The van der Waals surface area contributed by atoms with E-state index in [1.54, 1.807) is 4.57 Å². The van der Waals surface area contributed by atoms with Crippen LogP contribution in [0.2, 0.25) is 0 Å². The molecule has 4 rings (SSSR count). The van der Waals surface area contributed by atoms with Gasteiger partial charge in [0, 0.05) is 17.5 Å². The highest BCUT2D eigenvalue weighted by Gasteiger charge is 2.20. The standard InChI is InChI=1S/C21H21N5O4/c27-20(15-7-6-8-16(13-15)26(29)30)23-22-19-17-9-2-3-10-18(17)25(21(19)28)14-24-11-4-1-5-12-24/h2-3,6-10,13,28H,1,4-5,11-12,14H2. The van der Waals surface area contributed by atoms with E-state index in [4.69, 9.17) is 0 Å². The Labute approximate surface area is 172 Å². The fourth-order valence-electron chi connectivity index (χ4n) is 3.72. The molecule has 1 aromatic heterocycles. The van der Waals surface area contributed by atoms with E-state index >= 15 is 0 Å². The van der Waals surface area contributed by atoms with Gasteiger partial charge in [0.05, 0.1) is 22.7 Å². The smallest absolute Gasteiger partial charge is 0.295 e. The Balaban J connectivity index is 1.65. The number of hydrogen-bond donors (Lipinski definition) is 1. The number of aromatic nitrogens is 1. The molecular formula is C21H21N5O4. The molecule has 1 aliphatic rings. The van der Waals surface area contributed by atoms with Gasteiger partial charge in [-0.25, -0.2) is 0 Å². The Bertz CT molecular complexity index is 1130. The molecule has 2 aromatic carbocycles. The van der Waals surface area contributed by atoms with Crippen LogP contribution in [0.5, 0.6) is 5.88 Å². The molecule has 3 aromatic rings. The van der Waals surface area contributed by atoms with Crippen molar-refractivity contribution in [2.45, 2.75) is 25.9 Å². The maximum atomic E-state index is 12.4. The minimum Gasteiger partial charge on any atom is -0.493 e. The van der Waals surface area contributed by atoms with Crippen molar-refractivity contribution in [3.8, 4) is 5.88 Å². The monoisotopic (exact) mass is 407 g/mol. The predicted octanol–water partition coefficient (Wildman–Crippen LogP) is 4.62. The van der Waals surface area contributed by atoms with Gasteiger partial charge in [0.15, 0.2) is 5.69 Å². The van der Waals surface area contributed by atoms with E-state index in [9.17, 15) is 20.0 Å². The van der Waals surface area contributed by atoms with Crippen LogP contribution >= 0.6 is 0 Å². The van der Waals surface area contributed by atoms with Gasteiger partial charge in [-0.2, -0.15) is 0 Å². The first-order valence-corrected chi connectivity index (χ1v) is 9.77. The summed E-state index contributed by atoms with van der Waals surface area (Å²) in [5.41, 5.74) is 0.875. The highest BCUT2D eigenvalue weighted by molar-refractivity contribution is 5.97. The number of para-hydroxylation sites is 1. The zero-order chi connectivity index (χ0) is 21.1. The summed E-state index contributed by atoms with van der Waals surface area (Å²) >= 11 is 0. The van der Waals surface area contributed by atoms with Crippen LogP contribution in [0.25, 0.3) is 10.9 Å². The maximum absolute atomic E-state index is 12.4. The number of piperidine rings is 1. The van der Waals surface area contributed by atoms with E-state index in [1.165, 1.54) is 24.6 Å². The lowest BCUT2D eigenvalue weighted by Crippen LogP contribution is -2.31. The number of nitro groups is 1. The first-order valence-electron chi connectivity index (χ1n) is 9.77. The first-order chi connectivity index (χ1) is 14.5. The molecule has 154 valence electrons. The van der Waals surface area contributed by atoms with E-state index in [0.29, 0.717) is 12.1 Å². The maximum Gasteiger partial charge on any atom is 0.295 e. The number of likely N-dealkylation sites (tertiary alicyclic amines) is 1. The van der Waals surface area contributed by atoms with E-state index in [-0.39, 0.29) is 22.8 Å². The molecule has 9 heteroatoms. The van der Waals surface area contributed by atoms with Crippen molar-refractivity contribution in [3.05, 3.63) is 64.2 Å². The lowest BCUT2D eigenvalue weighted by Gasteiger charge is -2.27. The van der Waals surface area contributed by atoms with Gasteiger partial charge in [-0.1, -0.05) is 30.7 Å². The Morgan fingerprint density at radius 1 is 1.10 bits per heavy atom. The van der Waals surface area contributed by atoms with Gasteiger partial charge in [-0.05, 0) is 38.1 Å². The second-order valence-corrected chi connectivity index (χ2v) is 7.25. The number of carbonyl (C=O) groups is 1. The minimum atomic E-state index is -0.717. The molecule has 0 aliphatic carbocycles. The van der Waals surface area contributed by atoms with Crippen molar-refractivity contribution in [3.63, 3.8) is 0 Å². The zero-order valence-electron chi connectivity index (χ0n) is 16.3. The third-order valence-corrected chi connectivity index (χ3v) is 5.25. The number of amides is 1. The lowest BCUT2D eigenvalue weighted by atomic mass is 10.1. The number of nitrogens with zero attached hydrogens (tertiary/aromatic N) is 5. The van der Waals surface area contributed by atoms with Gasteiger partial charge in [0.2, 0.25) is 5.88 Å². The normalized spacial score (nSPS) is 15.1. The van der Waals surface area contributed by atoms with Gasteiger partial charge >= 0.3 is 0 Å². The number of fused-ring (bicyclic) bond motifs is 1. The van der Waals surface area contributed by atoms with Crippen LogP contribution in [-0.2, 0) is 6.67 Å². The summed E-state index contributed by atoms with van der Waals surface area (Å²) < 4.78 is 1.77. The predicted molar refractivity (Wildman–Crippen MR) is 111 cm³/mol. The number of non-ortho nitro benzene ring substituents is 1. The van der Waals surface area contributed by atoms with Gasteiger partial charge in [-0.3, -0.25) is 24.4 Å². The minimum absolute atomic E-state index is 0.0580. The third-order valence-electron chi connectivity index (χ3n) is 5.25. The molecule has 0 unspecified atom stereocenters. The molecule has 0 saturated carbocycles. The Morgan fingerprint density at radius 2 is 1.87 bits per heavy atom. The van der Waals surface area contributed by atoms with Gasteiger partial charge in [0.1, 0.15) is 0 Å². The molecule has 9 nitrogen and oxygen atoms in total. The van der Waals surface area contributed by atoms with E-state index in [0.717, 1.165) is 37.5 Å². The molecular weight excluding hydrogens is 386 g/mol. The highest BCUT2D eigenvalue weighted by Crippen LogP contribution is 2.39. The molecule has 1 amide bonds. The van der Waals surface area contributed by atoms with E-state index in [2.05, 4.69) is 15.1 Å². The zero-order valence-corrected chi connectivity index (χ0v) is 16.3. The number of azo groups is 1. The molecule has 1 aliphatic heterocycles. The molecule has 1 N–H and O–H groups in total. The number of benzene rings is 2. The second-order valence-electron chi connectivity index (χ2n) is 7.25. The summed E-state index contributed by atoms with van der Waals surface area (Å²) in [5.74, 6) is -0.775. The summed E-state index contributed by atoms with van der Waals surface area (Å²) in [6.07, 6.45) is 3.47. The largest absolute Gasteiger partial charge is 0.493 e. The molecule has 0 spiro atoms. The topological polar surface area (TPSA) is 113 Å². The van der Waals surface area contributed by atoms with E-state index in [1.807, 2.05) is 24.3 Å². The second kappa shape index (κ2) is 8.42. The average molecular weight is 407 g/mol. The molecule has 1 fully saturated rings. The third kappa shape index (κ3) is 3.92. The van der Waals surface area contributed by atoms with Gasteiger partial charge < -0.3 is 5.11 Å². The number of rotatable bonds is 5. The first kappa shape index (κ1) is 19.7. The lowest BCUT2D eigenvalue weighted by molar-refractivity contribution is -0.384. The summed E-state index contributed by atoms with van der Waals surface area (Å²) in [6, 6.07) is 12.7. The quantitative estimate of drug-likeness (QED) is 0.376. The van der Waals surface area contributed by atoms with Crippen molar-refractivity contribution in [1.29, 1.82) is 0 Å². The van der Waals surface area contributed by atoms with Crippen LogP contribution in [0.15, 0.2) is 58.8 Å². The van der Waals surface area contributed by atoms with Crippen molar-refractivity contribution in [2.75, 3.05) is 13.1 Å². The Hall–Kier alpha value is -3.59. The van der Waals surface area contributed by atoms with Gasteiger partial charge in [0.25, 0.3) is 11.6 Å². The summed E-state index contributed by atoms with van der Waals surface area (Å²) in [5, 5.41) is 30.1. The van der Waals surface area contributed by atoms with Crippen molar-refractivity contribution < 1.29 is 14.8 Å². The average Bonchev–Trinajstić information content (AvgIpc) is 3.04.